The van der Waals surface area contributed by atoms with Crippen LogP contribution in [0.15, 0.2) is 229 Å². The van der Waals surface area contributed by atoms with E-state index < -0.39 is 0 Å². The average Bonchev–Trinajstić information content (AvgIpc) is 3.99. The first-order chi connectivity index (χ1) is 32.0. The number of fused-ring (bicyclic) bond motifs is 9. The number of rotatable bonds is 6. The maximum absolute atomic E-state index is 6.63. The Morgan fingerprint density at radius 1 is 0.323 bits per heavy atom. The second-order valence-corrected chi connectivity index (χ2v) is 18.1. The molecule has 0 atom stereocenters. The van der Waals surface area contributed by atoms with Gasteiger partial charge >= 0.3 is 0 Å². The van der Waals surface area contributed by atoms with Crippen LogP contribution in [0.1, 0.15) is 25.0 Å². The molecule has 0 unspecified atom stereocenters. The summed E-state index contributed by atoms with van der Waals surface area (Å²) < 4.78 is 9.10. The van der Waals surface area contributed by atoms with Crippen LogP contribution in [0.4, 0.5) is 0 Å². The molecule has 12 aromatic rings. The number of benzene rings is 10. The van der Waals surface area contributed by atoms with Crippen molar-refractivity contribution < 1.29 is 4.42 Å². The third-order valence-corrected chi connectivity index (χ3v) is 14.0. The normalized spacial score (nSPS) is 12.9. The molecule has 0 radical (unpaired) electrons. The summed E-state index contributed by atoms with van der Waals surface area (Å²) in [7, 11) is 0. The Balaban J connectivity index is 1.03. The SMILES string of the molecule is CC1(C)c2ccccc2-c2ccc(-n3c4ccccc4c4ccc(-c5cc(-c6ccc(-c7ccccc7)cc6)cc(-c6cc(-c7ccccc7)c7oc8ccccc8c7c6)c5)cc43)cc21. The molecule has 0 saturated carbocycles. The van der Waals surface area contributed by atoms with Crippen LogP contribution in [0.2, 0.25) is 0 Å². The zero-order chi connectivity index (χ0) is 43.2. The molecule has 2 heteroatoms. The van der Waals surface area contributed by atoms with E-state index in [0.29, 0.717) is 0 Å². The molecule has 0 spiro atoms. The molecular weight excluding hydrogens is 787 g/mol. The van der Waals surface area contributed by atoms with E-state index in [-0.39, 0.29) is 5.41 Å². The highest BCUT2D eigenvalue weighted by Gasteiger charge is 2.35. The lowest BCUT2D eigenvalue weighted by Gasteiger charge is -2.22. The number of hydrogen-bond donors (Lipinski definition) is 0. The van der Waals surface area contributed by atoms with E-state index in [1.807, 2.05) is 6.07 Å². The molecular formula is C63H43NO. The standard InChI is InChI=1S/C63H43NO/c1-63(2)57-22-12-9-19-50(57)51-32-30-49(39-58(51)63)64-59-23-13-10-20-52(59)53-31-29-44(38-60(53)64)46-33-45(42-27-25-41(26-28-42)40-15-5-3-6-16-40)34-47(35-46)48-36-55(43-17-7-4-8-18-43)62-56(37-48)54-21-11-14-24-61(54)65-62/h3-39H,1-2H3. The highest BCUT2D eigenvalue weighted by Crippen LogP contribution is 2.50. The summed E-state index contributed by atoms with van der Waals surface area (Å²) in [5.74, 6) is 0. The summed E-state index contributed by atoms with van der Waals surface area (Å²) in [5, 5.41) is 4.72. The van der Waals surface area contributed by atoms with Crippen molar-refractivity contribution in [2.75, 3.05) is 0 Å². The molecule has 0 fully saturated rings. The molecule has 1 aliphatic rings. The van der Waals surface area contributed by atoms with Crippen LogP contribution in [0, 0.1) is 0 Å². The van der Waals surface area contributed by atoms with Gasteiger partial charge in [-0.2, -0.15) is 0 Å². The maximum Gasteiger partial charge on any atom is 0.143 e. The molecule has 13 rings (SSSR count). The van der Waals surface area contributed by atoms with Crippen molar-refractivity contribution in [1.29, 1.82) is 0 Å². The highest BCUT2D eigenvalue weighted by molar-refractivity contribution is 6.12. The molecule has 0 amide bonds. The topological polar surface area (TPSA) is 18.1 Å². The van der Waals surface area contributed by atoms with Crippen molar-refractivity contribution in [3.05, 3.63) is 236 Å². The Labute approximate surface area is 378 Å². The third kappa shape index (κ3) is 5.95. The molecule has 306 valence electrons. The molecule has 10 aromatic carbocycles. The number of para-hydroxylation sites is 2. The van der Waals surface area contributed by atoms with E-state index in [1.54, 1.807) is 0 Å². The van der Waals surface area contributed by atoms with Crippen molar-refractivity contribution >= 4 is 43.7 Å². The van der Waals surface area contributed by atoms with Gasteiger partial charge in [-0.1, -0.05) is 178 Å². The summed E-state index contributed by atoms with van der Waals surface area (Å²) in [6, 6.07) is 82.3. The van der Waals surface area contributed by atoms with Gasteiger partial charge in [0, 0.05) is 38.2 Å². The monoisotopic (exact) mass is 829 g/mol. The minimum atomic E-state index is -0.103. The van der Waals surface area contributed by atoms with Crippen LogP contribution >= 0.6 is 0 Å². The minimum absolute atomic E-state index is 0.103. The van der Waals surface area contributed by atoms with E-state index >= 15 is 0 Å². The average molecular weight is 830 g/mol. The summed E-state index contributed by atoms with van der Waals surface area (Å²) in [5.41, 5.74) is 22.3. The van der Waals surface area contributed by atoms with Crippen molar-refractivity contribution in [1.82, 2.24) is 4.57 Å². The first kappa shape index (κ1) is 37.4. The molecule has 2 aromatic heterocycles. The van der Waals surface area contributed by atoms with E-state index in [0.717, 1.165) is 60.9 Å². The molecule has 0 saturated heterocycles. The van der Waals surface area contributed by atoms with Gasteiger partial charge in [-0.3, -0.25) is 0 Å². The van der Waals surface area contributed by atoms with Crippen LogP contribution in [-0.4, -0.2) is 4.57 Å². The van der Waals surface area contributed by atoms with Crippen molar-refractivity contribution in [2.24, 2.45) is 0 Å². The minimum Gasteiger partial charge on any atom is -0.455 e. The quantitative estimate of drug-likeness (QED) is 0.163. The van der Waals surface area contributed by atoms with Crippen LogP contribution in [0.3, 0.4) is 0 Å². The zero-order valence-electron chi connectivity index (χ0n) is 36.2. The lowest BCUT2D eigenvalue weighted by molar-refractivity contribution is 0.660. The lowest BCUT2D eigenvalue weighted by Crippen LogP contribution is -2.15. The smallest absolute Gasteiger partial charge is 0.143 e. The van der Waals surface area contributed by atoms with Crippen molar-refractivity contribution in [2.45, 2.75) is 19.3 Å². The van der Waals surface area contributed by atoms with Crippen LogP contribution in [0.25, 0.3) is 116 Å². The van der Waals surface area contributed by atoms with Gasteiger partial charge in [-0.25, -0.2) is 0 Å². The zero-order valence-corrected chi connectivity index (χ0v) is 36.2. The van der Waals surface area contributed by atoms with Gasteiger partial charge in [0.25, 0.3) is 0 Å². The predicted octanol–water partition coefficient (Wildman–Crippen LogP) is 17.3. The Morgan fingerprint density at radius 2 is 0.877 bits per heavy atom. The van der Waals surface area contributed by atoms with Gasteiger partial charge < -0.3 is 8.98 Å². The van der Waals surface area contributed by atoms with Gasteiger partial charge in [0.05, 0.1) is 11.0 Å². The highest BCUT2D eigenvalue weighted by atomic mass is 16.3. The molecule has 2 heterocycles. The second-order valence-electron chi connectivity index (χ2n) is 18.1. The first-order valence-corrected chi connectivity index (χ1v) is 22.6. The second kappa shape index (κ2) is 14.4. The van der Waals surface area contributed by atoms with Gasteiger partial charge in [0.15, 0.2) is 0 Å². The fraction of sp³-hybridized carbons (Fsp3) is 0.0476. The van der Waals surface area contributed by atoms with Crippen LogP contribution in [-0.2, 0) is 5.41 Å². The third-order valence-electron chi connectivity index (χ3n) is 14.0. The van der Waals surface area contributed by atoms with E-state index in [9.17, 15) is 0 Å². The Kier molecular flexibility index (Phi) is 8.29. The predicted molar refractivity (Wildman–Crippen MR) is 273 cm³/mol. The Hall–Kier alpha value is -8.20. The number of furan rings is 1. The molecule has 0 N–H and O–H groups in total. The summed E-state index contributed by atoms with van der Waals surface area (Å²) in [6.45, 7) is 4.72. The van der Waals surface area contributed by atoms with Gasteiger partial charge in [-0.15, -0.1) is 0 Å². The van der Waals surface area contributed by atoms with Crippen molar-refractivity contribution in [3.63, 3.8) is 0 Å². The largest absolute Gasteiger partial charge is 0.455 e. The molecule has 65 heavy (non-hydrogen) atoms. The van der Waals surface area contributed by atoms with Gasteiger partial charge in [-0.05, 0) is 133 Å². The summed E-state index contributed by atoms with van der Waals surface area (Å²) >= 11 is 0. The maximum atomic E-state index is 6.63. The van der Waals surface area contributed by atoms with Gasteiger partial charge in [0.1, 0.15) is 11.2 Å². The van der Waals surface area contributed by atoms with Crippen LogP contribution < -0.4 is 0 Å². The van der Waals surface area contributed by atoms with E-state index in [1.165, 1.54) is 66.4 Å². The fourth-order valence-corrected chi connectivity index (χ4v) is 10.7. The molecule has 0 aliphatic heterocycles. The van der Waals surface area contributed by atoms with Crippen molar-refractivity contribution in [3.8, 4) is 72.4 Å². The van der Waals surface area contributed by atoms with Gasteiger partial charge in [0.2, 0.25) is 0 Å². The van der Waals surface area contributed by atoms with E-state index in [2.05, 4.69) is 237 Å². The summed E-state index contributed by atoms with van der Waals surface area (Å²) in [6.07, 6.45) is 0. The number of hydrogen-bond acceptors (Lipinski definition) is 1. The fourth-order valence-electron chi connectivity index (χ4n) is 10.7. The lowest BCUT2D eigenvalue weighted by atomic mass is 9.82. The molecule has 1 aliphatic carbocycles. The number of nitrogens with zero attached hydrogens (tertiary/aromatic N) is 1. The first-order valence-electron chi connectivity index (χ1n) is 22.6. The van der Waals surface area contributed by atoms with E-state index in [4.69, 9.17) is 4.42 Å². The number of aromatic nitrogens is 1. The Bertz CT molecular complexity index is 3830. The molecule has 2 nitrogen and oxygen atoms in total. The van der Waals surface area contributed by atoms with Crippen LogP contribution in [0.5, 0.6) is 0 Å². The summed E-state index contributed by atoms with van der Waals surface area (Å²) in [4.78, 5) is 0. The molecule has 0 bridgehead atoms. The Morgan fingerprint density at radius 3 is 1.66 bits per heavy atom.